The third-order valence-corrected chi connectivity index (χ3v) is 2.80. The maximum Gasteiger partial charge on any atom is 0.266 e. The van der Waals surface area contributed by atoms with Gasteiger partial charge in [-0.15, -0.1) is 0 Å². The zero-order chi connectivity index (χ0) is 11.5. The van der Waals surface area contributed by atoms with Gasteiger partial charge in [0, 0.05) is 13.1 Å². The van der Waals surface area contributed by atoms with E-state index in [0.717, 1.165) is 0 Å². The number of amides is 1. The summed E-state index contributed by atoms with van der Waals surface area (Å²) in [6, 6.07) is -0.485. The monoisotopic (exact) mass is 238 g/mol. The number of carbonyl (C=O) groups excluding carboxylic acids is 1. The van der Waals surface area contributed by atoms with E-state index in [1.165, 1.54) is 0 Å². The van der Waals surface area contributed by atoms with Gasteiger partial charge in [0.05, 0.1) is 17.9 Å². The van der Waals surface area contributed by atoms with Crippen LogP contribution in [0.5, 0.6) is 0 Å². The number of β-amino-alcohol motifs (C(OH)–C–C–N with tert-alkyl or cyclic N) is 1. The van der Waals surface area contributed by atoms with Crippen LogP contribution in [0.1, 0.15) is 6.42 Å². The molecule has 15 heavy (non-hydrogen) atoms. The molecule has 7 nitrogen and oxygen atoms in total. The molecule has 0 saturated carbocycles. The predicted octanol–water partition coefficient (Wildman–Crippen LogP) is -2.29. The number of nitrogens with one attached hydrogen (secondary N) is 2. The first kappa shape index (κ1) is 12.4. The van der Waals surface area contributed by atoms with E-state index in [9.17, 15) is 13.2 Å². The lowest BCUT2D eigenvalue weighted by atomic mass is 10.2. The first-order valence-electron chi connectivity index (χ1n) is 4.53. The van der Waals surface area contributed by atoms with Crippen molar-refractivity contribution in [2.75, 3.05) is 18.8 Å². The summed E-state index contributed by atoms with van der Waals surface area (Å²) in [5, 5.41) is 14.3. The highest BCUT2D eigenvalue weighted by Gasteiger charge is 2.27. The quantitative estimate of drug-likeness (QED) is 0.410. The summed E-state index contributed by atoms with van der Waals surface area (Å²) < 4.78 is 29.1. The van der Waals surface area contributed by atoms with Crippen LogP contribution in [-0.2, 0) is 14.9 Å². The first-order chi connectivity index (χ1) is 6.88. The Hall–Kier alpha value is -0.700. The lowest BCUT2D eigenvalue weighted by Crippen LogP contribution is -2.42. The number of hydrogen-bond donors (Lipinski definition) is 4. The third kappa shape index (κ3) is 4.56. The zero-order valence-corrected chi connectivity index (χ0v) is 8.83. The Labute approximate surface area is 87.6 Å². The average molecular weight is 238 g/mol. The Morgan fingerprint density at radius 1 is 1.53 bits per heavy atom. The summed E-state index contributed by atoms with van der Waals surface area (Å²) in [5.74, 6) is -0.871. The maximum absolute atomic E-state index is 11.3. The Morgan fingerprint density at radius 3 is 2.67 bits per heavy atom. The van der Waals surface area contributed by atoms with Gasteiger partial charge in [-0.25, -0.2) is 0 Å². The van der Waals surface area contributed by atoms with Crippen LogP contribution < -0.4 is 10.6 Å². The molecule has 1 amide bonds. The molecular weight excluding hydrogens is 224 g/mol. The molecule has 0 aromatic rings. The van der Waals surface area contributed by atoms with E-state index in [1.807, 2.05) is 0 Å². The molecule has 0 aromatic carbocycles. The molecule has 1 aliphatic heterocycles. The topological polar surface area (TPSA) is 116 Å². The average Bonchev–Trinajstić information content (AvgIpc) is 2.49. The standard InChI is InChI=1S/C7H14N2O5S/c10-5-3-6(9-4-5)7(11)8-1-2-15(12,13)14/h5-6,9-10H,1-4H2,(H,8,11)(H,12,13,14)/t5-,6+/m1/s1. The second kappa shape index (κ2) is 4.88. The van der Waals surface area contributed by atoms with Gasteiger partial charge in [0.2, 0.25) is 5.91 Å². The normalized spacial score (nSPS) is 26.5. The molecule has 0 spiro atoms. The predicted molar refractivity (Wildman–Crippen MR) is 51.8 cm³/mol. The molecule has 1 rings (SSSR count). The summed E-state index contributed by atoms with van der Waals surface area (Å²) in [7, 11) is -4.04. The Bertz CT molecular complexity index is 328. The fraction of sp³-hybridized carbons (Fsp3) is 0.857. The number of rotatable bonds is 4. The SMILES string of the molecule is O=C(NCCS(=O)(=O)O)[C@@H]1C[C@@H](O)CN1. The van der Waals surface area contributed by atoms with Crippen LogP contribution in [0.3, 0.4) is 0 Å². The molecule has 1 saturated heterocycles. The minimum Gasteiger partial charge on any atom is -0.392 e. The van der Waals surface area contributed by atoms with Gasteiger partial charge < -0.3 is 15.7 Å². The summed E-state index contributed by atoms with van der Waals surface area (Å²) in [5.41, 5.74) is 0. The molecule has 1 heterocycles. The van der Waals surface area contributed by atoms with Gasteiger partial charge in [0.15, 0.2) is 0 Å². The molecule has 0 bridgehead atoms. The van der Waals surface area contributed by atoms with Gasteiger partial charge in [-0.05, 0) is 6.42 Å². The summed E-state index contributed by atoms with van der Waals surface area (Å²) in [4.78, 5) is 11.3. The Morgan fingerprint density at radius 2 is 2.20 bits per heavy atom. The molecule has 0 unspecified atom stereocenters. The van der Waals surface area contributed by atoms with E-state index in [1.54, 1.807) is 0 Å². The second-order valence-corrected chi connectivity index (χ2v) is 5.00. The Balaban J connectivity index is 2.25. The highest BCUT2D eigenvalue weighted by Crippen LogP contribution is 2.05. The van der Waals surface area contributed by atoms with Gasteiger partial charge in [0.25, 0.3) is 10.1 Å². The van der Waals surface area contributed by atoms with E-state index in [0.29, 0.717) is 13.0 Å². The molecule has 2 atom stereocenters. The zero-order valence-electron chi connectivity index (χ0n) is 8.01. The molecule has 0 radical (unpaired) electrons. The van der Waals surface area contributed by atoms with Crippen molar-refractivity contribution in [3.05, 3.63) is 0 Å². The van der Waals surface area contributed by atoms with E-state index < -0.39 is 28.0 Å². The summed E-state index contributed by atoms with van der Waals surface area (Å²) in [6.07, 6.45) is -0.222. The van der Waals surface area contributed by atoms with Crippen molar-refractivity contribution >= 4 is 16.0 Å². The van der Waals surface area contributed by atoms with Crippen molar-refractivity contribution in [2.45, 2.75) is 18.6 Å². The smallest absolute Gasteiger partial charge is 0.266 e. The van der Waals surface area contributed by atoms with Gasteiger partial charge >= 0.3 is 0 Å². The minimum atomic E-state index is -4.04. The minimum absolute atomic E-state index is 0.133. The lowest BCUT2D eigenvalue weighted by Gasteiger charge is -2.09. The van der Waals surface area contributed by atoms with E-state index in [-0.39, 0.29) is 12.5 Å². The van der Waals surface area contributed by atoms with Crippen LogP contribution >= 0.6 is 0 Å². The van der Waals surface area contributed by atoms with E-state index in [4.69, 9.17) is 9.66 Å². The van der Waals surface area contributed by atoms with Gasteiger partial charge in [0.1, 0.15) is 0 Å². The van der Waals surface area contributed by atoms with Crippen molar-refractivity contribution in [2.24, 2.45) is 0 Å². The Kier molecular flexibility index (Phi) is 4.03. The van der Waals surface area contributed by atoms with Crippen molar-refractivity contribution < 1.29 is 22.9 Å². The fourth-order valence-electron chi connectivity index (χ4n) is 1.34. The molecule has 1 aliphatic rings. The summed E-state index contributed by atoms with van der Waals surface area (Å²) >= 11 is 0. The van der Waals surface area contributed by atoms with Crippen LogP contribution in [0, 0.1) is 0 Å². The van der Waals surface area contributed by atoms with Gasteiger partial charge in [-0.1, -0.05) is 0 Å². The van der Waals surface area contributed by atoms with Crippen molar-refractivity contribution in [1.82, 2.24) is 10.6 Å². The highest BCUT2D eigenvalue weighted by atomic mass is 32.2. The number of aliphatic hydroxyl groups is 1. The first-order valence-corrected chi connectivity index (χ1v) is 6.14. The molecule has 88 valence electrons. The lowest BCUT2D eigenvalue weighted by molar-refractivity contribution is -0.122. The van der Waals surface area contributed by atoms with Crippen molar-refractivity contribution in [1.29, 1.82) is 0 Å². The second-order valence-electron chi connectivity index (χ2n) is 3.43. The number of carbonyl (C=O) groups is 1. The summed E-state index contributed by atoms with van der Waals surface area (Å²) in [6.45, 7) is 0.225. The fourth-order valence-corrected chi connectivity index (χ4v) is 1.70. The van der Waals surface area contributed by atoms with Crippen LogP contribution in [0.4, 0.5) is 0 Å². The molecule has 0 aromatic heterocycles. The molecule has 4 N–H and O–H groups in total. The van der Waals surface area contributed by atoms with Crippen LogP contribution in [0.25, 0.3) is 0 Å². The maximum atomic E-state index is 11.3. The van der Waals surface area contributed by atoms with Gasteiger partial charge in [-0.2, -0.15) is 8.42 Å². The molecule has 1 fully saturated rings. The largest absolute Gasteiger partial charge is 0.392 e. The molecular formula is C7H14N2O5S. The number of aliphatic hydroxyl groups excluding tert-OH is 1. The highest BCUT2D eigenvalue weighted by molar-refractivity contribution is 7.85. The van der Waals surface area contributed by atoms with Crippen LogP contribution in [-0.4, -0.2) is 55.0 Å². The van der Waals surface area contributed by atoms with Crippen LogP contribution in [0.2, 0.25) is 0 Å². The van der Waals surface area contributed by atoms with Crippen molar-refractivity contribution in [3.8, 4) is 0 Å². The van der Waals surface area contributed by atoms with Crippen LogP contribution in [0.15, 0.2) is 0 Å². The van der Waals surface area contributed by atoms with Gasteiger partial charge in [-0.3, -0.25) is 9.35 Å². The molecule has 0 aliphatic carbocycles. The van der Waals surface area contributed by atoms with E-state index >= 15 is 0 Å². The number of hydrogen-bond acceptors (Lipinski definition) is 5. The van der Waals surface area contributed by atoms with Crippen molar-refractivity contribution in [3.63, 3.8) is 0 Å². The third-order valence-electron chi connectivity index (χ3n) is 2.08. The van der Waals surface area contributed by atoms with E-state index in [2.05, 4.69) is 10.6 Å². The molecule has 8 heteroatoms.